The first-order valence-corrected chi connectivity index (χ1v) is 9.31. The number of aromatic nitrogens is 1. The number of hydrogen-bond acceptors (Lipinski definition) is 6. The van der Waals surface area contributed by atoms with Gasteiger partial charge in [0, 0.05) is 17.1 Å². The van der Waals surface area contributed by atoms with Crippen LogP contribution < -0.4 is 4.90 Å². The highest BCUT2D eigenvalue weighted by Gasteiger charge is 2.23. The first kappa shape index (κ1) is 17.6. The number of anilines is 2. The number of benzene rings is 1. The lowest BCUT2D eigenvalue weighted by Crippen LogP contribution is -2.35. The van der Waals surface area contributed by atoms with Gasteiger partial charge in [0.25, 0.3) is 0 Å². The maximum absolute atomic E-state index is 11.2. The highest BCUT2D eigenvalue weighted by molar-refractivity contribution is 7.15. The highest BCUT2D eigenvalue weighted by atomic mass is 32.1. The van der Waals surface area contributed by atoms with Gasteiger partial charge in [-0.25, -0.2) is 4.98 Å². The molecule has 1 aromatic carbocycles. The van der Waals surface area contributed by atoms with Crippen LogP contribution in [0, 0.1) is 24.2 Å². The predicted octanol–water partition coefficient (Wildman–Crippen LogP) is 3.62. The van der Waals surface area contributed by atoms with Gasteiger partial charge in [-0.3, -0.25) is 4.79 Å². The summed E-state index contributed by atoms with van der Waals surface area (Å²) in [5.41, 5.74) is 2.18. The maximum Gasteiger partial charge on any atom is 0.190 e. The maximum atomic E-state index is 11.2. The van der Waals surface area contributed by atoms with Gasteiger partial charge in [-0.1, -0.05) is 0 Å². The van der Waals surface area contributed by atoms with E-state index in [0.29, 0.717) is 17.2 Å². The SMILES string of the molecule is Cc1sc(N(CC2CCN(C)CC2)c2ccc(C#N)cc2)nc1C=O. The van der Waals surface area contributed by atoms with Gasteiger partial charge >= 0.3 is 0 Å². The molecule has 1 saturated heterocycles. The summed E-state index contributed by atoms with van der Waals surface area (Å²) in [6, 6.07) is 9.75. The fourth-order valence-electron chi connectivity index (χ4n) is 3.13. The Kier molecular flexibility index (Phi) is 5.47. The largest absolute Gasteiger partial charge is 0.318 e. The third kappa shape index (κ3) is 4.06. The molecule has 0 spiro atoms. The summed E-state index contributed by atoms with van der Waals surface area (Å²) in [6.07, 6.45) is 3.14. The molecule has 0 unspecified atom stereocenters. The fourth-order valence-corrected chi connectivity index (χ4v) is 4.04. The van der Waals surface area contributed by atoms with E-state index in [1.165, 1.54) is 0 Å². The van der Waals surface area contributed by atoms with E-state index in [0.717, 1.165) is 54.5 Å². The van der Waals surface area contributed by atoms with Crippen LogP contribution in [0.5, 0.6) is 0 Å². The van der Waals surface area contributed by atoms with Crippen LogP contribution in [-0.4, -0.2) is 42.9 Å². The molecule has 0 radical (unpaired) electrons. The Bertz CT molecular complexity index is 770. The van der Waals surface area contributed by atoms with Gasteiger partial charge in [-0.15, -0.1) is 11.3 Å². The molecule has 1 fully saturated rings. The minimum atomic E-state index is 0.516. The second-order valence-corrected chi connectivity index (χ2v) is 7.75. The number of hydrogen-bond donors (Lipinski definition) is 0. The number of thiazole rings is 1. The Morgan fingerprint density at radius 3 is 2.60 bits per heavy atom. The number of nitrogens with zero attached hydrogens (tertiary/aromatic N) is 4. The first-order chi connectivity index (χ1) is 12.1. The van der Waals surface area contributed by atoms with E-state index in [2.05, 4.69) is 27.9 Å². The van der Waals surface area contributed by atoms with E-state index in [4.69, 9.17) is 5.26 Å². The van der Waals surface area contributed by atoms with E-state index in [9.17, 15) is 4.79 Å². The van der Waals surface area contributed by atoms with E-state index in [1.54, 1.807) is 11.3 Å². The minimum absolute atomic E-state index is 0.516. The molecule has 0 bridgehead atoms. The zero-order valence-electron chi connectivity index (χ0n) is 14.6. The van der Waals surface area contributed by atoms with Gasteiger partial charge in [0.15, 0.2) is 11.4 Å². The van der Waals surface area contributed by atoms with Crippen molar-refractivity contribution in [2.75, 3.05) is 31.6 Å². The molecule has 3 rings (SSSR count). The normalized spacial score (nSPS) is 15.7. The summed E-state index contributed by atoms with van der Waals surface area (Å²) < 4.78 is 0. The summed E-state index contributed by atoms with van der Waals surface area (Å²) in [5, 5.41) is 9.87. The fraction of sp³-hybridized carbons (Fsp3) is 0.421. The quantitative estimate of drug-likeness (QED) is 0.768. The van der Waals surface area contributed by atoms with E-state index >= 15 is 0 Å². The number of aryl methyl sites for hydroxylation is 1. The number of carbonyl (C=O) groups is 1. The van der Waals surface area contributed by atoms with E-state index < -0.39 is 0 Å². The van der Waals surface area contributed by atoms with Crippen LogP contribution in [-0.2, 0) is 0 Å². The summed E-state index contributed by atoms with van der Waals surface area (Å²) in [6.45, 7) is 5.03. The molecule has 130 valence electrons. The van der Waals surface area contributed by atoms with Gasteiger partial charge in [0.2, 0.25) is 0 Å². The molecule has 5 nitrogen and oxygen atoms in total. The highest BCUT2D eigenvalue weighted by Crippen LogP contribution is 2.33. The molecule has 0 saturated carbocycles. The Hall–Kier alpha value is -2.23. The molecule has 2 heterocycles. The second kappa shape index (κ2) is 7.77. The Morgan fingerprint density at radius 1 is 1.36 bits per heavy atom. The Morgan fingerprint density at radius 2 is 2.04 bits per heavy atom. The zero-order chi connectivity index (χ0) is 17.8. The molecular weight excluding hydrogens is 332 g/mol. The van der Waals surface area contributed by atoms with Gasteiger partial charge in [0.05, 0.1) is 11.6 Å². The first-order valence-electron chi connectivity index (χ1n) is 8.49. The third-order valence-electron chi connectivity index (χ3n) is 4.75. The van der Waals surface area contributed by atoms with Gasteiger partial charge in [-0.2, -0.15) is 5.26 Å². The van der Waals surface area contributed by atoms with Crippen molar-refractivity contribution in [3.63, 3.8) is 0 Å². The Labute approximate surface area is 152 Å². The molecule has 2 aromatic rings. The molecule has 1 aliphatic rings. The standard InChI is InChI=1S/C19H22N4OS/c1-14-18(13-24)21-19(25-14)23(12-16-7-9-22(2)10-8-16)17-5-3-15(11-20)4-6-17/h3-6,13,16H,7-10,12H2,1-2H3. The number of carbonyl (C=O) groups excluding carboxylic acids is 1. The third-order valence-corrected chi connectivity index (χ3v) is 5.76. The predicted molar refractivity (Wildman–Crippen MR) is 101 cm³/mol. The van der Waals surface area contributed by atoms with Crippen molar-refractivity contribution in [2.24, 2.45) is 5.92 Å². The van der Waals surface area contributed by atoms with Gasteiger partial charge in [-0.05, 0) is 70.1 Å². The molecule has 25 heavy (non-hydrogen) atoms. The van der Waals surface area contributed by atoms with E-state index in [-0.39, 0.29) is 0 Å². The van der Waals surface area contributed by atoms with Crippen LogP contribution in [0.25, 0.3) is 0 Å². The van der Waals surface area contributed by atoms with Crippen LogP contribution >= 0.6 is 11.3 Å². The zero-order valence-corrected chi connectivity index (χ0v) is 15.4. The average Bonchev–Trinajstić information content (AvgIpc) is 3.02. The topological polar surface area (TPSA) is 60.2 Å². The van der Waals surface area contributed by atoms with Crippen molar-refractivity contribution in [3.8, 4) is 6.07 Å². The monoisotopic (exact) mass is 354 g/mol. The van der Waals surface area contributed by atoms with Crippen LogP contribution in [0.4, 0.5) is 10.8 Å². The molecule has 0 amide bonds. The number of rotatable bonds is 5. The van der Waals surface area contributed by atoms with E-state index in [1.807, 2.05) is 31.2 Å². The molecule has 0 atom stereocenters. The molecule has 0 N–H and O–H groups in total. The van der Waals surface area contributed by atoms with Crippen molar-refractivity contribution in [1.82, 2.24) is 9.88 Å². The average molecular weight is 354 g/mol. The second-order valence-electron chi connectivity index (χ2n) is 6.57. The molecule has 1 aliphatic heterocycles. The molecule has 0 aliphatic carbocycles. The van der Waals surface area contributed by atoms with Crippen molar-refractivity contribution in [2.45, 2.75) is 19.8 Å². The number of nitriles is 1. The van der Waals surface area contributed by atoms with Crippen molar-refractivity contribution in [1.29, 1.82) is 5.26 Å². The summed E-state index contributed by atoms with van der Waals surface area (Å²) in [5.74, 6) is 0.593. The van der Waals surface area contributed by atoms with Crippen LogP contribution in [0.1, 0.15) is 33.8 Å². The van der Waals surface area contributed by atoms with Crippen LogP contribution in [0.15, 0.2) is 24.3 Å². The summed E-state index contributed by atoms with van der Waals surface area (Å²) in [4.78, 5) is 21.2. The van der Waals surface area contributed by atoms with Gasteiger partial charge in [0.1, 0.15) is 5.69 Å². The molecule has 6 heteroatoms. The number of likely N-dealkylation sites (tertiary alicyclic amines) is 1. The minimum Gasteiger partial charge on any atom is -0.318 e. The van der Waals surface area contributed by atoms with Crippen LogP contribution in [0.2, 0.25) is 0 Å². The lowest BCUT2D eigenvalue weighted by Gasteiger charge is -2.33. The lowest BCUT2D eigenvalue weighted by molar-refractivity contribution is 0.111. The molecular formula is C19H22N4OS. The van der Waals surface area contributed by atoms with Crippen LogP contribution in [0.3, 0.4) is 0 Å². The Balaban J connectivity index is 1.89. The molecule has 1 aromatic heterocycles. The smallest absolute Gasteiger partial charge is 0.190 e. The lowest BCUT2D eigenvalue weighted by atomic mass is 9.96. The van der Waals surface area contributed by atoms with Crippen molar-refractivity contribution >= 4 is 28.4 Å². The van der Waals surface area contributed by atoms with Gasteiger partial charge < -0.3 is 9.80 Å². The van der Waals surface area contributed by atoms with Crippen molar-refractivity contribution in [3.05, 3.63) is 40.4 Å². The number of piperidine rings is 1. The van der Waals surface area contributed by atoms with Crippen molar-refractivity contribution < 1.29 is 4.79 Å². The summed E-state index contributed by atoms with van der Waals surface area (Å²) in [7, 11) is 2.16. The number of aldehydes is 1. The summed E-state index contributed by atoms with van der Waals surface area (Å²) >= 11 is 1.55.